The third-order valence-corrected chi connectivity index (χ3v) is 6.52. The van der Waals surface area contributed by atoms with E-state index in [1.165, 1.54) is 6.33 Å². The molecule has 0 unspecified atom stereocenters. The van der Waals surface area contributed by atoms with Crippen molar-refractivity contribution in [2.45, 2.75) is 44.2 Å². The summed E-state index contributed by atoms with van der Waals surface area (Å²) in [7, 11) is -3.26. The van der Waals surface area contributed by atoms with Crippen LogP contribution >= 0.6 is 0 Å². The van der Waals surface area contributed by atoms with Gasteiger partial charge in [-0.3, -0.25) is 9.58 Å². The molecule has 0 spiro atoms. The smallest absolute Gasteiger partial charge is 0.179 e. The van der Waals surface area contributed by atoms with Gasteiger partial charge in [0.05, 0.1) is 17.2 Å². The highest BCUT2D eigenvalue weighted by molar-refractivity contribution is 7.91. The Morgan fingerprint density at radius 3 is 2.88 bits per heavy atom. The fraction of sp³-hybridized carbons (Fsp3) is 0.529. The molecular weight excluding hydrogens is 324 g/mol. The zero-order chi connectivity index (χ0) is 17.2. The Kier molecular flexibility index (Phi) is 5.01. The van der Waals surface area contributed by atoms with Crippen molar-refractivity contribution in [1.82, 2.24) is 19.7 Å². The van der Waals surface area contributed by atoms with Crippen molar-refractivity contribution in [2.75, 3.05) is 18.8 Å². The molecule has 1 aliphatic rings. The molecule has 3 rings (SSSR count). The van der Waals surface area contributed by atoms with E-state index >= 15 is 0 Å². The van der Waals surface area contributed by atoms with Crippen LogP contribution in [0, 0.1) is 13.8 Å². The monoisotopic (exact) mass is 348 g/mol. The van der Waals surface area contributed by atoms with Crippen LogP contribution in [0.1, 0.15) is 24.0 Å². The van der Waals surface area contributed by atoms with E-state index in [1.807, 2.05) is 30.7 Å². The van der Waals surface area contributed by atoms with Crippen LogP contribution in [0.2, 0.25) is 0 Å². The lowest BCUT2D eigenvalue weighted by molar-refractivity contribution is 0.239. The molecule has 2 heterocycles. The van der Waals surface area contributed by atoms with Gasteiger partial charge in [0.2, 0.25) is 0 Å². The van der Waals surface area contributed by atoms with Gasteiger partial charge < -0.3 is 0 Å². The second-order valence-corrected chi connectivity index (χ2v) is 8.61. The first-order valence-corrected chi connectivity index (χ1v) is 9.97. The highest BCUT2D eigenvalue weighted by Gasteiger charge is 2.27. The minimum absolute atomic E-state index is 0.158. The van der Waals surface area contributed by atoms with E-state index in [9.17, 15) is 8.42 Å². The SMILES string of the molecule is Cc1ccc(C)c(S(=O)(=O)CCN2CCC[C@H]2Cn2cncn2)c1. The molecule has 2 aromatic rings. The van der Waals surface area contributed by atoms with Gasteiger partial charge in [-0.1, -0.05) is 12.1 Å². The van der Waals surface area contributed by atoms with Crippen molar-refractivity contribution >= 4 is 9.84 Å². The number of rotatable bonds is 6. The normalized spacial score (nSPS) is 19.0. The van der Waals surface area contributed by atoms with E-state index < -0.39 is 9.84 Å². The predicted molar refractivity (Wildman–Crippen MR) is 92.6 cm³/mol. The van der Waals surface area contributed by atoms with Crippen molar-refractivity contribution in [3.05, 3.63) is 42.0 Å². The van der Waals surface area contributed by atoms with Crippen molar-refractivity contribution in [3.8, 4) is 0 Å². The maximum atomic E-state index is 12.7. The Morgan fingerprint density at radius 2 is 2.12 bits per heavy atom. The van der Waals surface area contributed by atoms with Crippen LogP contribution in [0.3, 0.4) is 0 Å². The highest BCUT2D eigenvalue weighted by atomic mass is 32.2. The molecule has 1 atom stereocenters. The minimum atomic E-state index is -3.26. The molecular formula is C17H24N4O2S. The summed E-state index contributed by atoms with van der Waals surface area (Å²) in [6.07, 6.45) is 5.42. The Balaban J connectivity index is 1.66. The fourth-order valence-corrected chi connectivity index (χ4v) is 4.95. The molecule has 130 valence electrons. The lowest BCUT2D eigenvalue weighted by Crippen LogP contribution is -2.36. The van der Waals surface area contributed by atoms with Gasteiger partial charge in [-0.2, -0.15) is 5.10 Å². The zero-order valence-corrected chi connectivity index (χ0v) is 15.0. The van der Waals surface area contributed by atoms with Crippen LogP contribution in [-0.4, -0.2) is 53.0 Å². The third kappa shape index (κ3) is 3.84. The van der Waals surface area contributed by atoms with Gasteiger partial charge in [-0.25, -0.2) is 13.4 Å². The minimum Gasteiger partial charge on any atom is -0.298 e. The number of aryl methyl sites for hydroxylation is 2. The molecule has 1 aliphatic heterocycles. The lowest BCUT2D eigenvalue weighted by Gasteiger charge is -2.24. The van der Waals surface area contributed by atoms with Crippen LogP contribution in [0.4, 0.5) is 0 Å². The summed E-state index contributed by atoms with van der Waals surface area (Å²) in [6, 6.07) is 5.94. The summed E-state index contributed by atoms with van der Waals surface area (Å²) in [5, 5.41) is 4.15. The summed E-state index contributed by atoms with van der Waals surface area (Å²) in [6.45, 7) is 6.06. The molecule has 1 aromatic carbocycles. The molecule has 0 radical (unpaired) electrons. The van der Waals surface area contributed by atoms with E-state index in [1.54, 1.807) is 12.4 Å². The zero-order valence-electron chi connectivity index (χ0n) is 14.2. The van der Waals surface area contributed by atoms with Gasteiger partial charge in [-0.15, -0.1) is 0 Å². The average molecular weight is 348 g/mol. The maximum absolute atomic E-state index is 12.7. The largest absolute Gasteiger partial charge is 0.298 e. The Hall–Kier alpha value is -1.73. The number of hydrogen-bond donors (Lipinski definition) is 0. The van der Waals surface area contributed by atoms with E-state index in [4.69, 9.17) is 0 Å². The van der Waals surface area contributed by atoms with Crippen molar-refractivity contribution in [3.63, 3.8) is 0 Å². The summed E-state index contributed by atoms with van der Waals surface area (Å²) >= 11 is 0. The molecule has 24 heavy (non-hydrogen) atoms. The molecule has 1 saturated heterocycles. The van der Waals surface area contributed by atoms with Crippen molar-refractivity contribution in [1.29, 1.82) is 0 Å². The predicted octanol–water partition coefficient (Wildman–Crippen LogP) is 1.83. The molecule has 0 bridgehead atoms. The summed E-state index contributed by atoms with van der Waals surface area (Å²) in [5.74, 6) is 0.158. The first-order chi connectivity index (χ1) is 11.5. The van der Waals surface area contributed by atoms with Crippen molar-refractivity contribution in [2.24, 2.45) is 0 Å². The van der Waals surface area contributed by atoms with Crippen LogP contribution in [0.5, 0.6) is 0 Å². The van der Waals surface area contributed by atoms with Crippen LogP contribution in [-0.2, 0) is 16.4 Å². The average Bonchev–Trinajstić information content (AvgIpc) is 3.20. The number of hydrogen-bond acceptors (Lipinski definition) is 5. The second-order valence-electron chi connectivity index (χ2n) is 6.54. The molecule has 1 aromatic heterocycles. The lowest BCUT2D eigenvalue weighted by atomic mass is 10.2. The Morgan fingerprint density at radius 1 is 1.29 bits per heavy atom. The molecule has 1 fully saturated rings. The molecule has 0 aliphatic carbocycles. The first-order valence-electron chi connectivity index (χ1n) is 8.32. The van der Waals surface area contributed by atoms with Gasteiger partial charge in [0.25, 0.3) is 0 Å². The second kappa shape index (κ2) is 7.03. The fourth-order valence-electron chi connectivity index (χ4n) is 3.33. The van der Waals surface area contributed by atoms with E-state index in [2.05, 4.69) is 15.0 Å². The molecule has 0 amide bonds. The molecule has 0 saturated carbocycles. The molecule has 7 heteroatoms. The van der Waals surface area contributed by atoms with E-state index in [-0.39, 0.29) is 5.75 Å². The van der Waals surface area contributed by atoms with Crippen LogP contribution in [0.25, 0.3) is 0 Å². The number of likely N-dealkylation sites (tertiary alicyclic amines) is 1. The molecule has 6 nitrogen and oxygen atoms in total. The van der Waals surface area contributed by atoms with Gasteiger partial charge in [0.1, 0.15) is 12.7 Å². The van der Waals surface area contributed by atoms with E-state index in [0.717, 1.165) is 37.1 Å². The Bertz CT molecular complexity index is 787. The molecule has 0 N–H and O–H groups in total. The first kappa shape index (κ1) is 17.1. The summed E-state index contributed by atoms with van der Waals surface area (Å²) in [4.78, 5) is 6.70. The van der Waals surface area contributed by atoms with Gasteiger partial charge >= 0.3 is 0 Å². The Labute approximate surface area is 143 Å². The van der Waals surface area contributed by atoms with Gasteiger partial charge in [0, 0.05) is 12.6 Å². The quantitative estimate of drug-likeness (QED) is 0.797. The topological polar surface area (TPSA) is 68.1 Å². The highest BCUT2D eigenvalue weighted by Crippen LogP contribution is 2.21. The standard InChI is InChI=1S/C17H24N4O2S/c1-14-5-6-15(2)17(10-14)24(22,23)9-8-20-7-3-4-16(20)11-21-13-18-12-19-21/h5-6,10,12-13,16H,3-4,7-9,11H2,1-2H3/t16-/m0/s1. The maximum Gasteiger partial charge on any atom is 0.179 e. The number of benzene rings is 1. The van der Waals surface area contributed by atoms with Crippen LogP contribution < -0.4 is 0 Å². The van der Waals surface area contributed by atoms with Gasteiger partial charge in [-0.05, 0) is 50.4 Å². The summed E-state index contributed by atoms with van der Waals surface area (Å²) in [5.41, 5.74) is 1.80. The van der Waals surface area contributed by atoms with Crippen LogP contribution in [0.15, 0.2) is 35.7 Å². The number of sulfone groups is 1. The number of nitrogens with zero attached hydrogens (tertiary/aromatic N) is 4. The van der Waals surface area contributed by atoms with Gasteiger partial charge in [0.15, 0.2) is 9.84 Å². The van der Waals surface area contributed by atoms with E-state index in [0.29, 0.717) is 17.5 Å². The van der Waals surface area contributed by atoms with Crippen molar-refractivity contribution < 1.29 is 8.42 Å². The summed E-state index contributed by atoms with van der Waals surface area (Å²) < 4.78 is 27.3. The number of aromatic nitrogens is 3. The third-order valence-electron chi connectivity index (χ3n) is 4.69.